The van der Waals surface area contributed by atoms with Crippen molar-refractivity contribution in [2.75, 3.05) is 11.9 Å². The summed E-state index contributed by atoms with van der Waals surface area (Å²) in [5, 5.41) is 6.42. The monoisotopic (exact) mass is 275 g/mol. The van der Waals surface area contributed by atoms with Gasteiger partial charge < -0.3 is 9.88 Å². The van der Waals surface area contributed by atoms with Crippen molar-refractivity contribution in [1.29, 1.82) is 0 Å². The number of Topliss-reactive ketones (excluding diaryl/α,β-unsaturated/α-hetero) is 1. The number of carbonyl (C=O) groups is 1. The minimum absolute atomic E-state index is 0.0533. The van der Waals surface area contributed by atoms with E-state index in [0.29, 0.717) is 12.1 Å². The number of ketones is 1. The average Bonchev–Trinajstić information content (AvgIpc) is 2.76. The summed E-state index contributed by atoms with van der Waals surface area (Å²) < 4.78 is 1.93. The second-order valence-corrected chi connectivity index (χ2v) is 6.14. The van der Waals surface area contributed by atoms with Gasteiger partial charge in [0.25, 0.3) is 0 Å². The highest BCUT2D eigenvalue weighted by Crippen LogP contribution is 2.30. The molecule has 20 heavy (non-hydrogen) atoms. The number of nitrogens with zero attached hydrogens (tertiary/aromatic N) is 2. The summed E-state index contributed by atoms with van der Waals surface area (Å²) in [6.07, 6.45) is 5.80. The molecule has 0 spiro atoms. The van der Waals surface area contributed by atoms with Crippen LogP contribution in [0.4, 0.5) is 5.82 Å². The molecule has 2 heterocycles. The van der Waals surface area contributed by atoms with E-state index in [-0.39, 0.29) is 11.7 Å². The Morgan fingerprint density at radius 3 is 2.80 bits per heavy atom. The third kappa shape index (κ3) is 2.66. The van der Waals surface area contributed by atoms with Gasteiger partial charge in [-0.2, -0.15) is 4.91 Å². The van der Waals surface area contributed by atoms with Crippen molar-refractivity contribution in [2.45, 2.75) is 39.8 Å². The molecular weight excluding hydrogens is 254 g/mol. The summed E-state index contributed by atoms with van der Waals surface area (Å²) in [5.74, 6) is 0.959. The van der Waals surface area contributed by atoms with Crippen molar-refractivity contribution in [3.8, 4) is 0 Å². The van der Waals surface area contributed by atoms with Gasteiger partial charge in [-0.3, -0.25) is 4.79 Å². The number of nitroso groups, excluding NO2 is 1. The molecule has 108 valence electrons. The van der Waals surface area contributed by atoms with Gasteiger partial charge in [0.15, 0.2) is 5.78 Å². The average molecular weight is 275 g/mol. The minimum atomic E-state index is -0.701. The predicted molar refractivity (Wildman–Crippen MR) is 81.0 cm³/mol. The number of anilines is 1. The lowest BCUT2D eigenvalue weighted by atomic mass is 9.99. The maximum Gasteiger partial charge on any atom is 0.167 e. The number of hydrogen-bond acceptors (Lipinski definition) is 4. The Balaban J connectivity index is 2.47. The zero-order chi connectivity index (χ0) is 14.9. The zero-order valence-corrected chi connectivity index (χ0v) is 12.4. The molecule has 0 amide bonds. The van der Waals surface area contributed by atoms with E-state index >= 15 is 0 Å². The van der Waals surface area contributed by atoms with Crippen LogP contribution in [0.1, 0.15) is 43.6 Å². The number of aromatic nitrogens is 1. The molecule has 5 nitrogen and oxygen atoms in total. The SMILES string of the molecule is CC(C)C(=O)c1cn(CC(C)(C)N=O)c2c1C=CCN2. The Kier molecular flexibility index (Phi) is 3.79. The van der Waals surface area contributed by atoms with E-state index in [4.69, 9.17) is 0 Å². The summed E-state index contributed by atoms with van der Waals surface area (Å²) in [7, 11) is 0. The van der Waals surface area contributed by atoms with Crippen molar-refractivity contribution in [3.63, 3.8) is 0 Å². The van der Waals surface area contributed by atoms with Crippen LogP contribution >= 0.6 is 0 Å². The zero-order valence-electron chi connectivity index (χ0n) is 12.4. The van der Waals surface area contributed by atoms with Gasteiger partial charge in [-0.05, 0) is 13.8 Å². The van der Waals surface area contributed by atoms with E-state index < -0.39 is 5.54 Å². The molecule has 0 saturated heterocycles. The van der Waals surface area contributed by atoms with E-state index in [1.165, 1.54) is 0 Å². The van der Waals surface area contributed by atoms with Gasteiger partial charge in [0.1, 0.15) is 11.4 Å². The Labute approximate surface area is 119 Å². The Morgan fingerprint density at radius 1 is 1.50 bits per heavy atom. The fourth-order valence-electron chi connectivity index (χ4n) is 2.35. The van der Waals surface area contributed by atoms with E-state index in [1.807, 2.05) is 36.8 Å². The summed E-state index contributed by atoms with van der Waals surface area (Å²) in [6, 6.07) is 0. The lowest BCUT2D eigenvalue weighted by Crippen LogP contribution is -2.24. The Hall–Kier alpha value is -1.91. The molecule has 0 fully saturated rings. The molecule has 1 aliphatic heterocycles. The second kappa shape index (κ2) is 5.23. The number of nitrogens with one attached hydrogen (secondary N) is 1. The number of fused-ring (bicyclic) bond motifs is 1. The van der Waals surface area contributed by atoms with Gasteiger partial charge in [-0.25, -0.2) is 0 Å². The topological polar surface area (TPSA) is 63.5 Å². The molecule has 2 rings (SSSR count). The largest absolute Gasteiger partial charge is 0.367 e. The first kappa shape index (κ1) is 14.5. The van der Waals surface area contributed by atoms with Gasteiger partial charge in [0.2, 0.25) is 0 Å². The molecule has 0 aromatic carbocycles. The predicted octanol–water partition coefficient (Wildman–Crippen LogP) is 3.31. The molecule has 0 radical (unpaired) electrons. The van der Waals surface area contributed by atoms with E-state index in [2.05, 4.69) is 10.5 Å². The van der Waals surface area contributed by atoms with Crippen molar-refractivity contribution in [2.24, 2.45) is 11.1 Å². The first-order valence-corrected chi connectivity index (χ1v) is 6.88. The van der Waals surface area contributed by atoms with Crippen LogP contribution in [0, 0.1) is 10.8 Å². The van der Waals surface area contributed by atoms with Crippen LogP contribution in [-0.4, -0.2) is 22.4 Å². The van der Waals surface area contributed by atoms with Crippen molar-refractivity contribution in [3.05, 3.63) is 28.3 Å². The van der Waals surface area contributed by atoms with Gasteiger partial charge in [0.05, 0.1) is 6.54 Å². The molecule has 0 atom stereocenters. The summed E-state index contributed by atoms with van der Waals surface area (Å²) in [6.45, 7) is 8.53. The number of rotatable bonds is 5. The highest BCUT2D eigenvalue weighted by atomic mass is 16.3. The third-order valence-corrected chi connectivity index (χ3v) is 3.38. The normalized spacial score (nSPS) is 14.1. The molecule has 0 unspecified atom stereocenters. The lowest BCUT2D eigenvalue weighted by molar-refractivity contribution is 0.0939. The van der Waals surface area contributed by atoms with Crippen molar-refractivity contribution in [1.82, 2.24) is 4.57 Å². The van der Waals surface area contributed by atoms with Crippen LogP contribution < -0.4 is 5.32 Å². The highest BCUT2D eigenvalue weighted by molar-refractivity contribution is 6.02. The second-order valence-electron chi connectivity index (χ2n) is 6.14. The lowest BCUT2D eigenvalue weighted by Gasteiger charge is -2.20. The summed E-state index contributed by atoms with van der Waals surface area (Å²) in [5.41, 5.74) is 0.921. The highest BCUT2D eigenvalue weighted by Gasteiger charge is 2.26. The maximum absolute atomic E-state index is 12.3. The molecule has 1 N–H and O–H groups in total. The van der Waals surface area contributed by atoms with Gasteiger partial charge in [0, 0.05) is 29.8 Å². The number of carbonyl (C=O) groups excluding carboxylic acids is 1. The van der Waals surface area contributed by atoms with Crippen LogP contribution in [0.5, 0.6) is 0 Å². The fraction of sp³-hybridized carbons (Fsp3) is 0.533. The maximum atomic E-state index is 12.3. The minimum Gasteiger partial charge on any atom is -0.367 e. The van der Waals surface area contributed by atoms with Gasteiger partial charge >= 0.3 is 0 Å². The molecule has 0 aliphatic carbocycles. The molecule has 0 saturated carbocycles. The molecule has 0 bridgehead atoms. The molecule has 1 aromatic rings. The number of hydrogen-bond donors (Lipinski definition) is 1. The molecular formula is C15H21N3O2. The first-order chi connectivity index (χ1) is 9.35. The van der Waals surface area contributed by atoms with Crippen LogP contribution in [0.2, 0.25) is 0 Å². The van der Waals surface area contributed by atoms with Crippen LogP contribution in [0.25, 0.3) is 6.08 Å². The van der Waals surface area contributed by atoms with E-state index in [0.717, 1.165) is 17.9 Å². The molecule has 5 heteroatoms. The Morgan fingerprint density at radius 2 is 2.20 bits per heavy atom. The van der Waals surface area contributed by atoms with E-state index in [9.17, 15) is 9.70 Å². The van der Waals surface area contributed by atoms with Crippen molar-refractivity contribution < 1.29 is 4.79 Å². The quantitative estimate of drug-likeness (QED) is 0.662. The third-order valence-electron chi connectivity index (χ3n) is 3.38. The summed E-state index contributed by atoms with van der Waals surface area (Å²) in [4.78, 5) is 23.2. The smallest absolute Gasteiger partial charge is 0.167 e. The Bertz CT molecular complexity index is 568. The summed E-state index contributed by atoms with van der Waals surface area (Å²) >= 11 is 0. The van der Waals surface area contributed by atoms with Crippen LogP contribution in [0.3, 0.4) is 0 Å². The molecule has 1 aliphatic rings. The van der Waals surface area contributed by atoms with E-state index in [1.54, 1.807) is 13.8 Å². The fourth-order valence-corrected chi connectivity index (χ4v) is 2.35. The molecule has 1 aromatic heterocycles. The van der Waals surface area contributed by atoms with Crippen LogP contribution in [0.15, 0.2) is 17.4 Å². The van der Waals surface area contributed by atoms with Crippen LogP contribution in [-0.2, 0) is 6.54 Å². The van der Waals surface area contributed by atoms with Gasteiger partial charge in [-0.15, -0.1) is 0 Å². The first-order valence-electron chi connectivity index (χ1n) is 6.88. The van der Waals surface area contributed by atoms with Gasteiger partial charge in [-0.1, -0.05) is 31.2 Å². The van der Waals surface area contributed by atoms with Crippen molar-refractivity contribution >= 4 is 17.7 Å². The standard InChI is InChI=1S/C15H21N3O2/c1-10(2)13(19)12-8-18(9-15(3,4)17-20)14-11(12)6-5-7-16-14/h5-6,8,10,16H,7,9H2,1-4H3.